The average molecular weight is 322 g/mol. The van der Waals surface area contributed by atoms with Crippen molar-refractivity contribution in [3.05, 3.63) is 34.4 Å². The molecule has 0 aliphatic carbocycles. The van der Waals surface area contributed by atoms with Crippen molar-refractivity contribution in [3.8, 4) is 0 Å². The fourth-order valence-electron chi connectivity index (χ4n) is 3.34. The van der Waals surface area contributed by atoms with Crippen LogP contribution in [0.5, 0.6) is 0 Å². The number of likely N-dealkylation sites (tertiary alicyclic amines) is 1. The molecule has 0 bridgehead atoms. The van der Waals surface area contributed by atoms with Crippen LogP contribution in [-0.2, 0) is 0 Å². The Bertz CT molecular complexity index is 820. The van der Waals surface area contributed by atoms with Crippen molar-refractivity contribution in [2.75, 3.05) is 0 Å². The summed E-state index contributed by atoms with van der Waals surface area (Å²) < 4.78 is 14.4. The first-order valence-corrected chi connectivity index (χ1v) is 7.47. The van der Waals surface area contributed by atoms with Crippen LogP contribution in [0.15, 0.2) is 17.1 Å². The van der Waals surface area contributed by atoms with Gasteiger partial charge in [-0.15, -0.1) is 0 Å². The van der Waals surface area contributed by atoms with Crippen LogP contribution in [0.4, 0.5) is 9.18 Å². The zero-order chi connectivity index (χ0) is 16.9. The third-order valence-corrected chi connectivity index (χ3v) is 4.38. The molecule has 8 heteroatoms. The van der Waals surface area contributed by atoms with Gasteiger partial charge in [-0.3, -0.25) is 9.88 Å². The number of nitrogens with zero attached hydrogens (tertiary/aromatic N) is 3. The quantitative estimate of drug-likeness (QED) is 0.843. The molecule has 2 aromatic rings. The number of aromatic amines is 1. The standard InChI is InChI=1S/C15H19FN4O3/c1-15(2,3)10-5-4-9(20(10)14(22)23)12-17-11-6-8(16)7-19(11)13(21)18-12/h6-7,9-10H,4-5H2,1-3H3,(H,22,23)(H,17,18,21). The maximum absolute atomic E-state index is 13.3. The highest BCUT2D eigenvalue weighted by atomic mass is 19.1. The smallest absolute Gasteiger partial charge is 0.408 e. The Hall–Kier alpha value is -2.38. The highest BCUT2D eigenvalue weighted by Crippen LogP contribution is 2.41. The van der Waals surface area contributed by atoms with Crippen molar-refractivity contribution in [1.82, 2.24) is 19.3 Å². The molecule has 0 spiro atoms. The van der Waals surface area contributed by atoms with Crippen molar-refractivity contribution in [3.63, 3.8) is 0 Å². The molecule has 1 fully saturated rings. The second kappa shape index (κ2) is 5.07. The highest BCUT2D eigenvalue weighted by Gasteiger charge is 2.44. The number of H-pyrrole nitrogens is 1. The summed E-state index contributed by atoms with van der Waals surface area (Å²) in [6, 6.07) is 0.447. The van der Waals surface area contributed by atoms with Gasteiger partial charge in [0.2, 0.25) is 0 Å². The normalized spacial score (nSPS) is 22.0. The molecule has 2 atom stereocenters. The van der Waals surface area contributed by atoms with Gasteiger partial charge in [0, 0.05) is 12.1 Å². The highest BCUT2D eigenvalue weighted by molar-refractivity contribution is 5.66. The van der Waals surface area contributed by atoms with Crippen LogP contribution in [0, 0.1) is 11.2 Å². The number of nitrogens with one attached hydrogen (secondary N) is 1. The molecular weight excluding hydrogens is 303 g/mol. The lowest BCUT2D eigenvalue weighted by atomic mass is 9.85. The number of hydrogen-bond donors (Lipinski definition) is 2. The summed E-state index contributed by atoms with van der Waals surface area (Å²) in [4.78, 5) is 32.0. The summed E-state index contributed by atoms with van der Waals surface area (Å²) >= 11 is 0. The molecule has 3 rings (SSSR count). The minimum Gasteiger partial charge on any atom is -0.465 e. The molecule has 2 N–H and O–H groups in total. The first kappa shape index (κ1) is 15.5. The predicted molar refractivity (Wildman–Crippen MR) is 80.9 cm³/mol. The lowest BCUT2D eigenvalue weighted by Gasteiger charge is -2.35. The van der Waals surface area contributed by atoms with Gasteiger partial charge in [-0.1, -0.05) is 20.8 Å². The monoisotopic (exact) mass is 322 g/mol. The Balaban J connectivity index is 2.07. The van der Waals surface area contributed by atoms with Gasteiger partial charge in [0.05, 0.1) is 12.2 Å². The summed E-state index contributed by atoms with van der Waals surface area (Å²) in [7, 11) is 0. The second-order valence-electron chi connectivity index (χ2n) is 6.98. The molecule has 124 valence electrons. The number of fused-ring (bicyclic) bond motifs is 1. The van der Waals surface area contributed by atoms with Crippen molar-refractivity contribution in [1.29, 1.82) is 0 Å². The molecule has 23 heavy (non-hydrogen) atoms. The number of rotatable bonds is 1. The summed E-state index contributed by atoms with van der Waals surface area (Å²) in [6.07, 6.45) is 1.25. The average Bonchev–Trinajstić information content (AvgIpc) is 3.00. The summed E-state index contributed by atoms with van der Waals surface area (Å²) in [5.74, 6) is -0.302. The first-order valence-electron chi connectivity index (χ1n) is 7.47. The van der Waals surface area contributed by atoms with E-state index in [1.165, 1.54) is 4.90 Å². The van der Waals surface area contributed by atoms with Gasteiger partial charge in [0.25, 0.3) is 0 Å². The molecule has 0 aromatic carbocycles. The molecule has 2 aromatic heterocycles. The lowest BCUT2D eigenvalue weighted by molar-refractivity contribution is 0.0849. The zero-order valence-electron chi connectivity index (χ0n) is 13.2. The van der Waals surface area contributed by atoms with Gasteiger partial charge in [-0.05, 0) is 18.3 Å². The van der Waals surface area contributed by atoms with Gasteiger partial charge >= 0.3 is 11.8 Å². The van der Waals surface area contributed by atoms with E-state index in [1.54, 1.807) is 0 Å². The maximum Gasteiger partial charge on any atom is 0.408 e. The molecular formula is C15H19FN4O3. The van der Waals surface area contributed by atoms with E-state index in [0.29, 0.717) is 12.8 Å². The number of aromatic nitrogens is 3. The molecule has 7 nitrogen and oxygen atoms in total. The Labute approximate surface area is 131 Å². The van der Waals surface area contributed by atoms with Crippen molar-refractivity contribution in [2.24, 2.45) is 5.41 Å². The Morgan fingerprint density at radius 2 is 2.13 bits per heavy atom. The van der Waals surface area contributed by atoms with E-state index in [-0.39, 0.29) is 22.9 Å². The summed E-state index contributed by atoms with van der Waals surface area (Å²) in [5.41, 5.74) is -0.581. The van der Waals surface area contributed by atoms with E-state index in [4.69, 9.17) is 0 Å². The largest absolute Gasteiger partial charge is 0.465 e. The lowest BCUT2D eigenvalue weighted by Crippen LogP contribution is -2.44. The zero-order valence-corrected chi connectivity index (χ0v) is 13.2. The van der Waals surface area contributed by atoms with Gasteiger partial charge in [0.1, 0.15) is 17.3 Å². The summed E-state index contributed by atoms with van der Waals surface area (Å²) in [5, 5.41) is 9.61. The van der Waals surface area contributed by atoms with E-state index in [1.807, 2.05) is 20.8 Å². The molecule has 0 radical (unpaired) electrons. The SMILES string of the molecule is CC(C)(C)C1CCC(c2nc3cc(F)cn3c(=O)[nH]2)N1C(=O)O. The minimum atomic E-state index is -1.04. The number of carbonyl (C=O) groups is 1. The third-order valence-electron chi connectivity index (χ3n) is 4.38. The van der Waals surface area contributed by atoms with E-state index in [0.717, 1.165) is 16.7 Å². The van der Waals surface area contributed by atoms with Crippen molar-refractivity contribution in [2.45, 2.75) is 45.7 Å². The molecule has 1 amide bonds. The third kappa shape index (κ3) is 2.58. The van der Waals surface area contributed by atoms with Crippen LogP contribution in [-0.4, -0.2) is 36.5 Å². The van der Waals surface area contributed by atoms with E-state index < -0.39 is 23.6 Å². The van der Waals surface area contributed by atoms with Crippen molar-refractivity contribution >= 4 is 11.7 Å². The van der Waals surface area contributed by atoms with Crippen LogP contribution in [0.25, 0.3) is 5.65 Å². The predicted octanol–water partition coefficient (Wildman–Crippen LogP) is 2.39. The number of hydrogen-bond acceptors (Lipinski definition) is 3. The fourth-order valence-corrected chi connectivity index (χ4v) is 3.34. The molecule has 0 saturated carbocycles. The number of amides is 1. The van der Waals surface area contributed by atoms with Crippen LogP contribution in [0.3, 0.4) is 0 Å². The van der Waals surface area contributed by atoms with E-state index >= 15 is 0 Å². The Morgan fingerprint density at radius 1 is 1.43 bits per heavy atom. The van der Waals surface area contributed by atoms with Crippen LogP contribution in [0.1, 0.15) is 45.5 Å². The van der Waals surface area contributed by atoms with Crippen LogP contribution in [0.2, 0.25) is 0 Å². The Morgan fingerprint density at radius 3 is 2.74 bits per heavy atom. The van der Waals surface area contributed by atoms with Crippen molar-refractivity contribution < 1.29 is 14.3 Å². The Kier molecular flexibility index (Phi) is 3.42. The molecule has 1 aliphatic rings. The van der Waals surface area contributed by atoms with Crippen LogP contribution < -0.4 is 5.69 Å². The van der Waals surface area contributed by atoms with E-state index in [9.17, 15) is 19.1 Å². The first-order chi connectivity index (χ1) is 10.7. The van der Waals surface area contributed by atoms with Gasteiger partial charge in [0.15, 0.2) is 0 Å². The number of carboxylic acid groups (broad SMARTS) is 1. The van der Waals surface area contributed by atoms with Crippen LogP contribution >= 0.6 is 0 Å². The van der Waals surface area contributed by atoms with Gasteiger partial charge < -0.3 is 5.11 Å². The van der Waals surface area contributed by atoms with E-state index in [2.05, 4.69) is 9.97 Å². The minimum absolute atomic E-state index is 0.171. The molecule has 1 saturated heterocycles. The molecule has 3 heterocycles. The van der Waals surface area contributed by atoms with Gasteiger partial charge in [-0.2, -0.15) is 0 Å². The molecule has 2 unspecified atom stereocenters. The number of halogens is 1. The summed E-state index contributed by atoms with van der Waals surface area (Å²) in [6.45, 7) is 5.95. The fraction of sp³-hybridized carbons (Fsp3) is 0.533. The molecule has 1 aliphatic heterocycles. The maximum atomic E-state index is 13.3. The second-order valence-corrected chi connectivity index (χ2v) is 6.98. The van der Waals surface area contributed by atoms with Gasteiger partial charge in [-0.25, -0.2) is 23.4 Å². The topological polar surface area (TPSA) is 90.7 Å².